The smallest absolute Gasteiger partial charge is 0.308 e. The molecule has 0 aromatic heterocycles. The molecule has 0 amide bonds. The minimum Gasteiger partial charge on any atom is -0.308 e. The zero-order valence-electron chi connectivity index (χ0n) is 11.1. The Balaban J connectivity index is 2.61. The molecule has 0 aliphatic carbocycles. The van der Waals surface area contributed by atoms with Gasteiger partial charge in [0.25, 0.3) is 0 Å². The van der Waals surface area contributed by atoms with Crippen LogP contribution in [0.5, 0.6) is 0 Å². The van der Waals surface area contributed by atoms with Crippen LogP contribution in [-0.4, -0.2) is 25.7 Å². The number of benzene rings is 1. The molecule has 0 saturated heterocycles. The van der Waals surface area contributed by atoms with E-state index in [1.165, 1.54) is 5.56 Å². The Morgan fingerprint density at radius 3 is 2.22 bits per heavy atom. The summed E-state index contributed by atoms with van der Waals surface area (Å²) in [6.45, 7) is 6.32. The first-order valence-corrected chi connectivity index (χ1v) is 7.77. The predicted molar refractivity (Wildman–Crippen MR) is 74.5 cm³/mol. The van der Waals surface area contributed by atoms with Crippen LogP contribution in [0.1, 0.15) is 25.0 Å². The van der Waals surface area contributed by atoms with Gasteiger partial charge in [-0.3, -0.25) is 9.56 Å². The fraction of sp³-hybridized carbons (Fsp3) is 0.462. The Morgan fingerprint density at radius 2 is 1.72 bits per heavy atom. The van der Waals surface area contributed by atoms with Crippen molar-refractivity contribution in [2.24, 2.45) is 4.99 Å². The zero-order valence-corrected chi connectivity index (χ0v) is 12.0. The van der Waals surface area contributed by atoms with Crippen LogP contribution in [0.25, 0.3) is 0 Å². The highest BCUT2D eigenvalue weighted by Crippen LogP contribution is 2.47. The summed E-state index contributed by atoms with van der Waals surface area (Å²) in [7, 11) is -3.06. The standard InChI is InChI=1S/C13H20NO3P/c1-4-16-18(15,17-5-2)11-14-10-13-8-6-12(3)7-9-13/h6-10H,4-5,11H2,1-3H3/b14-10+. The summed E-state index contributed by atoms with van der Waals surface area (Å²) in [6.07, 6.45) is 1.74. The first kappa shape index (κ1) is 15.1. The lowest BCUT2D eigenvalue weighted by Crippen LogP contribution is -1.99. The van der Waals surface area contributed by atoms with Crippen molar-refractivity contribution < 1.29 is 13.6 Å². The molecular formula is C13H20NO3P. The highest BCUT2D eigenvalue weighted by atomic mass is 31.2. The van der Waals surface area contributed by atoms with Crippen molar-refractivity contribution in [2.75, 3.05) is 19.5 Å². The molecule has 0 unspecified atom stereocenters. The lowest BCUT2D eigenvalue weighted by atomic mass is 10.2. The van der Waals surface area contributed by atoms with Gasteiger partial charge in [0.05, 0.1) is 13.2 Å². The molecule has 0 atom stereocenters. The van der Waals surface area contributed by atoms with Crippen LogP contribution in [-0.2, 0) is 13.6 Å². The maximum Gasteiger partial charge on any atom is 0.351 e. The van der Waals surface area contributed by atoms with E-state index in [2.05, 4.69) is 4.99 Å². The number of hydrogen-bond donors (Lipinski definition) is 0. The Labute approximate surface area is 109 Å². The number of rotatable bonds is 7. The molecule has 5 heteroatoms. The molecule has 4 nitrogen and oxygen atoms in total. The molecule has 18 heavy (non-hydrogen) atoms. The number of nitrogens with zero attached hydrogens (tertiary/aromatic N) is 1. The van der Waals surface area contributed by atoms with Gasteiger partial charge < -0.3 is 9.05 Å². The largest absolute Gasteiger partial charge is 0.351 e. The summed E-state index contributed by atoms with van der Waals surface area (Å²) in [5.41, 5.74) is 2.17. The van der Waals surface area contributed by atoms with Crippen molar-refractivity contribution in [3.8, 4) is 0 Å². The molecule has 0 fully saturated rings. The molecule has 0 bridgehead atoms. The van der Waals surface area contributed by atoms with Gasteiger partial charge in [0.15, 0.2) is 0 Å². The minimum atomic E-state index is -3.06. The molecule has 0 N–H and O–H groups in total. The molecule has 1 aromatic rings. The Bertz CT molecular complexity index is 418. The average Bonchev–Trinajstić information content (AvgIpc) is 2.32. The third kappa shape index (κ3) is 5.13. The van der Waals surface area contributed by atoms with Crippen LogP contribution in [0.3, 0.4) is 0 Å². The lowest BCUT2D eigenvalue weighted by molar-refractivity contribution is 0.221. The average molecular weight is 269 g/mol. The van der Waals surface area contributed by atoms with Crippen molar-refractivity contribution in [2.45, 2.75) is 20.8 Å². The van der Waals surface area contributed by atoms with Gasteiger partial charge in [0.2, 0.25) is 0 Å². The normalized spacial score (nSPS) is 12.2. The van der Waals surface area contributed by atoms with Crippen molar-refractivity contribution in [3.63, 3.8) is 0 Å². The number of hydrogen-bond acceptors (Lipinski definition) is 4. The minimum absolute atomic E-state index is 0.0581. The molecule has 0 heterocycles. The molecule has 100 valence electrons. The summed E-state index contributed by atoms with van der Waals surface area (Å²) in [5.74, 6) is 0. The monoisotopic (exact) mass is 269 g/mol. The van der Waals surface area contributed by atoms with E-state index < -0.39 is 7.60 Å². The topological polar surface area (TPSA) is 47.9 Å². The van der Waals surface area contributed by atoms with E-state index in [9.17, 15) is 4.57 Å². The molecule has 0 saturated carbocycles. The quantitative estimate of drug-likeness (QED) is 0.561. The van der Waals surface area contributed by atoms with Crippen molar-refractivity contribution in [3.05, 3.63) is 35.4 Å². The van der Waals surface area contributed by atoms with E-state index >= 15 is 0 Å². The Morgan fingerprint density at radius 1 is 1.17 bits per heavy atom. The summed E-state index contributed by atoms with van der Waals surface area (Å²) in [4.78, 5) is 4.14. The van der Waals surface area contributed by atoms with Gasteiger partial charge in [0, 0.05) is 6.21 Å². The third-order valence-electron chi connectivity index (χ3n) is 2.22. The molecule has 0 radical (unpaired) electrons. The third-order valence-corrected chi connectivity index (χ3v) is 4.04. The van der Waals surface area contributed by atoms with Crippen LogP contribution in [0.15, 0.2) is 29.3 Å². The van der Waals surface area contributed by atoms with Crippen molar-refractivity contribution in [1.82, 2.24) is 0 Å². The fourth-order valence-corrected chi connectivity index (χ4v) is 2.72. The van der Waals surface area contributed by atoms with Crippen LogP contribution in [0, 0.1) is 6.92 Å². The maximum atomic E-state index is 12.1. The van der Waals surface area contributed by atoms with Crippen LogP contribution < -0.4 is 0 Å². The Hall–Kier alpha value is -0.960. The molecule has 0 aliphatic heterocycles. The van der Waals surface area contributed by atoms with Gasteiger partial charge >= 0.3 is 7.60 Å². The second-order valence-electron chi connectivity index (χ2n) is 3.81. The van der Waals surface area contributed by atoms with Gasteiger partial charge in [-0.25, -0.2) is 0 Å². The van der Waals surface area contributed by atoms with E-state index in [0.29, 0.717) is 13.2 Å². The van der Waals surface area contributed by atoms with Gasteiger partial charge in [-0.1, -0.05) is 29.8 Å². The molecule has 0 spiro atoms. The van der Waals surface area contributed by atoms with Crippen LogP contribution in [0.4, 0.5) is 0 Å². The van der Waals surface area contributed by atoms with Crippen molar-refractivity contribution in [1.29, 1.82) is 0 Å². The maximum absolute atomic E-state index is 12.1. The fourth-order valence-electron chi connectivity index (χ4n) is 1.41. The summed E-state index contributed by atoms with van der Waals surface area (Å²) in [6, 6.07) is 7.94. The van der Waals surface area contributed by atoms with Crippen LogP contribution in [0.2, 0.25) is 0 Å². The number of aryl methyl sites for hydroxylation is 1. The van der Waals surface area contributed by atoms with E-state index in [0.717, 1.165) is 5.56 Å². The molecule has 1 rings (SSSR count). The van der Waals surface area contributed by atoms with E-state index in [4.69, 9.17) is 9.05 Å². The van der Waals surface area contributed by atoms with Gasteiger partial charge in [-0.2, -0.15) is 0 Å². The summed E-state index contributed by atoms with van der Waals surface area (Å²) < 4.78 is 22.4. The summed E-state index contributed by atoms with van der Waals surface area (Å²) >= 11 is 0. The predicted octanol–water partition coefficient (Wildman–Crippen LogP) is 3.64. The second kappa shape index (κ2) is 7.47. The first-order valence-electron chi connectivity index (χ1n) is 6.04. The highest BCUT2D eigenvalue weighted by molar-refractivity contribution is 7.53. The molecule has 0 aliphatic rings. The van der Waals surface area contributed by atoms with E-state index in [1.807, 2.05) is 31.2 Å². The SMILES string of the molecule is CCOP(=O)(C/N=C/c1ccc(C)cc1)OCC. The van der Waals surface area contributed by atoms with Crippen molar-refractivity contribution >= 4 is 13.8 Å². The Kier molecular flexibility index (Phi) is 6.27. The zero-order chi connectivity index (χ0) is 13.4. The van der Waals surface area contributed by atoms with Gasteiger partial charge in [-0.05, 0) is 26.3 Å². The van der Waals surface area contributed by atoms with E-state index in [-0.39, 0.29) is 6.29 Å². The second-order valence-corrected chi connectivity index (χ2v) is 5.83. The lowest BCUT2D eigenvalue weighted by Gasteiger charge is -2.14. The number of aliphatic imine (C=N–C) groups is 1. The van der Waals surface area contributed by atoms with Crippen LogP contribution >= 0.6 is 7.60 Å². The highest BCUT2D eigenvalue weighted by Gasteiger charge is 2.22. The molecule has 1 aromatic carbocycles. The first-order chi connectivity index (χ1) is 8.59. The van der Waals surface area contributed by atoms with Gasteiger partial charge in [0.1, 0.15) is 6.29 Å². The summed E-state index contributed by atoms with van der Waals surface area (Å²) in [5, 5.41) is 0. The van der Waals surface area contributed by atoms with Gasteiger partial charge in [-0.15, -0.1) is 0 Å². The molecular weight excluding hydrogens is 249 g/mol. The van der Waals surface area contributed by atoms with E-state index in [1.54, 1.807) is 20.1 Å².